The van der Waals surface area contributed by atoms with Crippen LogP contribution in [-0.2, 0) is 9.59 Å². The van der Waals surface area contributed by atoms with Gasteiger partial charge < -0.3 is 5.73 Å². The summed E-state index contributed by atoms with van der Waals surface area (Å²) < 4.78 is 0. The molecule has 2 aliphatic rings. The number of likely N-dealkylation sites (tertiary alicyclic amines) is 1. The first-order valence-corrected chi connectivity index (χ1v) is 6.44. The zero-order valence-corrected chi connectivity index (χ0v) is 10.8. The molecule has 17 heavy (non-hydrogen) atoms. The fraction of sp³-hybridized carbons (Fsp3) is 0.846. The average Bonchev–Trinajstić information content (AvgIpc) is 2.59. The predicted molar refractivity (Wildman–Crippen MR) is 65.1 cm³/mol. The van der Waals surface area contributed by atoms with Crippen molar-refractivity contribution < 1.29 is 9.59 Å². The molecule has 2 fully saturated rings. The lowest BCUT2D eigenvalue weighted by atomic mass is 9.76. The fourth-order valence-corrected chi connectivity index (χ4v) is 3.10. The van der Waals surface area contributed by atoms with Crippen molar-refractivity contribution >= 4 is 11.8 Å². The molecule has 2 amide bonds. The number of rotatable bonds is 2. The third kappa shape index (κ3) is 2.68. The molecule has 0 bridgehead atoms. The highest BCUT2D eigenvalue weighted by Gasteiger charge is 2.45. The Morgan fingerprint density at radius 2 is 1.65 bits per heavy atom. The summed E-state index contributed by atoms with van der Waals surface area (Å²) in [5.41, 5.74) is 5.37. The molecule has 1 spiro atoms. The molecule has 1 aliphatic heterocycles. The van der Waals surface area contributed by atoms with Gasteiger partial charge in [0.15, 0.2) is 0 Å². The van der Waals surface area contributed by atoms with E-state index >= 15 is 0 Å². The zero-order valence-electron chi connectivity index (χ0n) is 10.8. The molecule has 2 N–H and O–H groups in total. The van der Waals surface area contributed by atoms with E-state index in [-0.39, 0.29) is 17.2 Å². The van der Waals surface area contributed by atoms with Crippen LogP contribution in [0.2, 0.25) is 0 Å². The normalized spacial score (nSPS) is 24.8. The second-order valence-electron chi connectivity index (χ2n) is 6.42. The molecule has 4 nitrogen and oxygen atoms in total. The second kappa shape index (κ2) is 4.09. The summed E-state index contributed by atoms with van der Waals surface area (Å²) in [6.07, 6.45) is 5.45. The predicted octanol–water partition coefficient (Wildman–Crippen LogP) is 1.43. The number of imide groups is 1. The van der Waals surface area contributed by atoms with E-state index in [0.29, 0.717) is 19.4 Å². The van der Waals surface area contributed by atoms with Gasteiger partial charge in [0.25, 0.3) is 0 Å². The quantitative estimate of drug-likeness (QED) is 0.740. The Morgan fingerprint density at radius 1 is 1.18 bits per heavy atom. The van der Waals surface area contributed by atoms with Gasteiger partial charge in [0.1, 0.15) is 0 Å². The van der Waals surface area contributed by atoms with Crippen LogP contribution in [0.3, 0.4) is 0 Å². The standard InChI is InChI=1S/C13H22N2O2/c1-12(2,14)9-15-10(16)7-13(8-11(15)17)5-3-4-6-13/h3-9,14H2,1-2H3. The summed E-state index contributed by atoms with van der Waals surface area (Å²) in [6.45, 7) is 4.02. The van der Waals surface area contributed by atoms with Gasteiger partial charge in [-0.3, -0.25) is 14.5 Å². The monoisotopic (exact) mass is 238 g/mol. The summed E-state index contributed by atoms with van der Waals surface area (Å²) in [5, 5.41) is 0. The van der Waals surface area contributed by atoms with Crippen LogP contribution in [-0.4, -0.2) is 28.8 Å². The topological polar surface area (TPSA) is 63.4 Å². The van der Waals surface area contributed by atoms with Gasteiger partial charge >= 0.3 is 0 Å². The number of carbonyl (C=O) groups is 2. The number of piperidine rings is 1. The van der Waals surface area contributed by atoms with E-state index in [1.54, 1.807) is 0 Å². The van der Waals surface area contributed by atoms with Crippen molar-refractivity contribution in [3.63, 3.8) is 0 Å². The number of nitrogens with two attached hydrogens (primary N) is 1. The van der Waals surface area contributed by atoms with Crippen LogP contribution in [0.25, 0.3) is 0 Å². The molecule has 0 atom stereocenters. The molecule has 1 aliphatic carbocycles. The Hall–Kier alpha value is -0.900. The van der Waals surface area contributed by atoms with Crippen LogP contribution in [0.1, 0.15) is 52.4 Å². The van der Waals surface area contributed by atoms with Crippen molar-refractivity contribution in [2.45, 2.75) is 57.9 Å². The third-order valence-electron chi connectivity index (χ3n) is 3.88. The minimum atomic E-state index is -0.508. The average molecular weight is 238 g/mol. The van der Waals surface area contributed by atoms with Gasteiger partial charge in [0, 0.05) is 24.9 Å². The van der Waals surface area contributed by atoms with Gasteiger partial charge in [-0.2, -0.15) is 0 Å². The number of hydrogen-bond donors (Lipinski definition) is 1. The van der Waals surface area contributed by atoms with Crippen molar-refractivity contribution in [1.29, 1.82) is 0 Å². The van der Waals surface area contributed by atoms with Crippen molar-refractivity contribution in [3.05, 3.63) is 0 Å². The Morgan fingerprint density at radius 3 is 2.06 bits per heavy atom. The SMILES string of the molecule is CC(C)(N)CN1C(=O)CC2(CCCC2)CC1=O. The first-order valence-electron chi connectivity index (χ1n) is 6.44. The second-order valence-corrected chi connectivity index (χ2v) is 6.42. The molecular weight excluding hydrogens is 216 g/mol. The fourth-order valence-electron chi connectivity index (χ4n) is 3.10. The summed E-state index contributed by atoms with van der Waals surface area (Å²) in [4.78, 5) is 25.6. The van der Waals surface area contributed by atoms with Crippen molar-refractivity contribution in [2.24, 2.45) is 11.1 Å². The van der Waals surface area contributed by atoms with Crippen LogP contribution < -0.4 is 5.73 Å². The highest BCUT2D eigenvalue weighted by atomic mass is 16.2. The van der Waals surface area contributed by atoms with Crippen LogP contribution >= 0.6 is 0 Å². The molecule has 0 aromatic carbocycles. The molecule has 0 radical (unpaired) electrons. The lowest BCUT2D eigenvalue weighted by Gasteiger charge is -2.39. The van der Waals surface area contributed by atoms with Crippen LogP contribution in [0, 0.1) is 5.41 Å². The maximum atomic E-state index is 12.1. The van der Waals surface area contributed by atoms with E-state index in [4.69, 9.17) is 5.73 Å². The van der Waals surface area contributed by atoms with Gasteiger partial charge in [-0.15, -0.1) is 0 Å². The Kier molecular flexibility index (Phi) is 3.02. The Labute approximate surface area is 103 Å². The molecule has 2 rings (SSSR count). The molecule has 0 unspecified atom stereocenters. The third-order valence-corrected chi connectivity index (χ3v) is 3.88. The molecular formula is C13H22N2O2. The molecule has 1 heterocycles. The highest BCUT2D eigenvalue weighted by molar-refractivity contribution is 5.98. The van der Waals surface area contributed by atoms with Crippen molar-refractivity contribution in [3.8, 4) is 0 Å². The zero-order chi connectivity index (χ0) is 12.7. The first-order chi connectivity index (χ1) is 7.81. The first kappa shape index (κ1) is 12.6. The highest BCUT2D eigenvalue weighted by Crippen LogP contribution is 2.46. The number of nitrogens with zero attached hydrogens (tertiary/aromatic N) is 1. The van der Waals surface area contributed by atoms with Gasteiger partial charge in [0.2, 0.25) is 11.8 Å². The minimum Gasteiger partial charge on any atom is -0.324 e. The van der Waals surface area contributed by atoms with E-state index < -0.39 is 5.54 Å². The molecule has 4 heteroatoms. The van der Waals surface area contributed by atoms with Crippen molar-refractivity contribution in [1.82, 2.24) is 4.90 Å². The number of carbonyl (C=O) groups excluding carboxylic acids is 2. The van der Waals surface area contributed by atoms with Gasteiger partial charge in [0.05, 0.1) is 0 Å². The Bertz CT molecular complexity index is 318. The molecule has 1 saturated heterocycles. The van der Waals surface area contributed by atoms with Crippen LogP contribution in [0.15, 0.2) is 0 Å². The minimum absolute atomic E-state index is 0.0105. The number of hydrogen-bond acceptors (Lipinski definition) is 3. The molecule has 0 aromatic heterocycles. The lowest BCUT2D eigenvalue weighted by Crippen LogP contribution is -2.54. The largest absolute Gasteiger partial charge is 0.324 e. The van der Waals surface area contributed by atoms with Crippen LogP contribution in [0.5, 0.6) is 0 Å². The summed E-state index contributed by atoms with van der Waals surface area (Å²) in [6, 6.07) is 0. The molecule has 1 saturated carbocycles. The van der Waals surface area contributed by atoms with Crippen molar-refractivity contribution in [2.75, 3.05) is 6.54 Å². The van der Waals surface area contributed by atoms with E-state index in [2.05, 4.69) is 0 Å². The molecule has 0 aromatic rings. The van der Waals surface area contributed by atoms with E-state index in [1.807, 2.05) is 13.8 Å². The summed E-state index contributed by atoms with van der Waals surface area (Å²) in [5.74, 6) is -0.0525. The van der Waals surface area contributed by atoms with Gasteiger partial charge in [-0.05, 0) is 32.1 Å². The number of amides is 2. The smallest absolute Gasteiger partial charge is 0.229 e. The van der Waals surface area contributed by atoms with Gasteiger partial charge in [-0.1, -0.05) is 12.8 Å². The summed E-state index contributed by atoms with van der Waals surface area (Å²) in [7, 11) is 0. The Balaban J connectivity index is 2.09. The van der Waals surface area contributed by atoms with E-state index in [1.165, 1.54) is 4.90 Å². The van der Waals surface area contributed by atoms with Gasteiger partial charge in [-0.25, -0.2) is 0 Å². The van der Waals surface area contributed by atoms with E-state index in [0.717, 1.165) is 25.7 Å². The summed E-state index contributed by atoms with van der Waals surface area (Å²) >= 11 is 0. The van der Waals surface area contributed by atoms with Crippen LogP contribution in [0.4, 0.5) is 0 Å². The lowest BCUT2D eigenvalue weighted by molar-refractivity contribution is -0.154. The maximum absolute atomic E-state index is 12.1. The maximum Gasteiger partial charge on any atom is 0.229 e. The van der Waals surface area contributed by atoms with E-state index in [9.17, 15) is 9.59 Å². The molecule has 96 valence electrons.